The first-order valence-corrected chi connectivity index (χ1v) is 5.38. The van der Waals surface area contributed by atoms with E-state index in [4.69, 9.17) is 4.42 Å². The second-order valence-electron chi connectivity index (χ2n) is 3.87. The van der Waals surface area contributed by atoms with Crippen LogP contribution in [0, 0.1) is 0 Å². The summed E-state index contributed by atoms with van der Waals surface area (Å²) in [4.78, 5) is 15.0. The molecule has 6 heteroatoms. The molecule has 0 aliphatic rings. The summed E-state index contributed by atoms with van der Waals surface area (Å²) in [7, 11) is 1.23. The number of methoxy groups -OCH3 is 1. The number of hydrogen-bond donors (Lipinski definition) is 2. The number of aliphatic hydroxyl groups is 2. The van der Waals surface area contributed by atoms with Crippen LogP contribution in [-0.4, -0.2) is 34.4 Å². The van der Waals surface area contributed by atoms with Crippen LogP contribution < -0.4 is 0 Å². The maximum absolute atomic E-state index is 11.0. The SMILES string of the molecule is COC(=O)CC(O)C(O)c1ccc2ocnc2c1. The Morgan fingerprint density at radius 3 is 3.00 bits per heavy atom. The zero-order valence-electron chi connectivity index (χ0n) is 9.74. The zero-order chi connectivity index (χ0) is 13.1. The molecule has 2 atom stereocenters. The van der Waals surface area contributed by atoms with Crippen molar-refractivity contribution in [2.75, 3.05) is 7.11 Å². The molecule has 0 spiro atoms. The molecule has 0 radical (unpaired) electrons. The lowest BCUT2D eigenvalue weighted by Gasteiger charge is -2.16. The van der Waals surface area contributed by atoms with Crippen molar-refractivity contribution in [3.8, 4) is 0 Å². The summed E-state index contributed by atoms with van der Waals surface area (Å²) in [6.45, 7) is 0. The van der Waals surface area contributed by atoms with Gasteiger partial charge in [-0.25, -0.2) is 4.98 Å². The molecular formula is C12H13NO5. The first kappa shape index (κ1) is 12.5. The van der Waals surface area contributed by atoms with Crippen LogP contribution >= 0.6 is 0 Å². The van der Waals surface area contributed by atoms with Crippen molar-refractivity contribution < 1.29 is 24.2 Å². The summed E-state index contributed by atoms with van der Waals surface area (Å²) in [5.41, 5.74) is 1.64. The maximum atomic E-state index is 11.0. The number of benzene rings is 1. The number of nitrogens with zero attached hydrogens (tertiary/aromatic N) is 1. The maximum Gasteiger partial charge on any atom is 0.308 e. The summed E-state index contributed by atoms with van der Waals surface area (Å²) in [5, 5.41) is 19.6. The first-order chi connectivity index (χ1) is 8.61. The molecule has 1 aromatic heterocycles. The standard InChI is InChI=1S/C12H13NO5/c1-17-11(15)5-9(14)12(16)7-2-3-10-8(4-7)13-6-18-10/h2-4,6,9,12,14,16H,5H2,1H3. The molecule has 96 valence electrons. The Bertz CT molecular complexity index is 550. The Morgan fingerprint density at radius 1 is 1.50 bits per heavy atom. The summed E-state index contributed by atoms with van der Waals surface area (Å²) in [6.07, 6.45) is -1.37. The first-order valence-electron chi connectivity index (χ1n) is 5.38. The van der Waals surface area contributed by atoms with Crippen LogP contribution in [0.2, 0.25) is 0 Å². The monoisotopic (exact) mass is 251 g/mol. The fourth-order valence-corrected chi connectivity index (χ4v) is 1.65. The lowest BCUT2D eigenvalue weighted by atomic mass is 10.0. The molecule has 6 nitrogen and oxygen atoms in total. The van der Waals surface area contributed by atoms with Crippen LogP contribution in [-0.2, 0) is 9.53 Å². The molecule has 2 N–H and O–H groups in total. The van der Waals surface area contributed by atoms with Crippen LogP contribution in [0.25, 0.3) is 11.1 Å². The minimum Gasteiger partial charge on any atom is -0.469 e. The van der Waals surface area contributed by atoms with Gasteiger partial charge in [0.05, 0.1) is 19.6 Å². The van der Waals surface area contributed by atoms with E-state index in [2.05, 4.69) is 9.72 Å². The third kappa shape index (κ3) is 2.49. The molecule has 1 aromatic carbocycles. The van der Waals surface area contributed by atoms with E-state index in [0.717, 1.165) is 0 Å². The molecule has 18 heavy (non-hydrogen) atoms. The number of carbonyl (C=O) groups is 1. The van der Waals surface area contributed by atoms with Gasteiger partial charge in [0, 0.05) is 0 Å². The quantitative estimate of drug-likeness (QED) is 0.780. The minimum absolute atomic E-state index is 0.269. The fourth-order valence-electron chi connectivity index (χ4n) is 1.65. The highest BCUT2D eigenvalue weighted by Gasteiger charge is 2.22. The Morgan fingerprint density at radius 2 is 2.28 bits per heavy atom. The van der Waals surface area contributed by atoms with E-state index in [1.165, 1.54) is 13.5 Å². The Balaban J connectivity index is 2.16. The smallest absolute Gasteiger partial charge is 0.308 e. The predicted molar refractivity (Wildman–Crippen MR) is 61.6 cm³/mol. The number of fused-ring (bicyclic) bond motifs is 1. The van der Waals surface area contributed by atoms with E-state index in [9.17, 15) is 15.0 Å². The average Bonchev–Trinajstić information content (AvgIpc) is 2.84. The molecule has 0 bridgehead atoms. The molecule has 0 saturated carbocycles. The van der Waals surface area contributed by atoms with E-state index in [1.807, 2.05) is 0 Å². The molecule has 0 aliphatic carbocycles. The van der Waals surface area contributed by atoms with Crippen molar-refractivity contribution >= 4 is 17.1 Å². The molecule has 2 aromatic rings. The molecular weight excluding hydrogens is 238 g/mol. The lowest BCUT2D eigenvalue weighted by Crippen LogP contribution is -2.22. The number of esters is 1. The second kappa shape index (κ2) is 5.16. The van der Waals surface area contributed by atoms with Crippen molar-refractivity contribution in [3.63, 3.8) is 0 Å². The molecule has 0 fully saturated rings. The van der Waals surface area contributed by atoms with Gasteiger partial charge in [0.1, 0.15) is 11.6 Å². The topological polar surface area (TPSA) is 92.8 Å². The highest BCUT2D eigenvalue weighted by Crippen LogP contribution is 2.23. The van der Waals surface area contributed by atoms with Crippen LogP contribution in [0.5, 0.6) is 0 Å². The van der Waals surface area contributed by atoms with Gasteiger partial charge in [-0.1, -0.05) is 6.07 Å². The van der Waals surface area contributed by atoms with Gasteiger partial charge in [0.15, 0.2) is 12.0 Å². The van der Waals surface area contributed by atoms with Gasteiger partial charge in [0.2, 0.25) is 0 Å². The van der Waals surface area contributed by atoms with Crippen LogP contribution in [0.4, 0.5) is 0 Å². The lowest BCUT2D eigenvalue weighted by molar-refractivity contribution is -0.144. The van der Waals surface area contributed by atoms with Crippen molar-refractivity contribution in [1.82, 2.24) is 4.98 Å². The van der Waals surface area contributed by atoms with E-state index >= 15 is 0 Å². The Labute approximate surface area is 103 Å². The Hall–Kier alpha value is -1.92. The predicted octanol–water partition coefficient (Wildman–Crippen LogP) is 0.785. The number of carbonyl (C=O) groups excluding carboxylic acids is 1. The molecule has 2 unspecified atom stereocenters. The summed E-state index contributed by atoms with van der Waals surface area (Å²) in [6, 6.07) is 4.86. The largest absolute Gasteiger partial charge is 0.469 e. The van der Waals surface area contributed by atoms with Gasteiger partial charge in [-0.05, 0) is 17.7 Å². The van der Waals surface area contributed by atoms with Crippen LogP contribution in [0.15, 0.2) is 29.0 Å². The number of rotatable bonds is 4. The molecule has 0 amide bonds. The number of ether oxygens (including phenoxy) is 1. The van der Waals surface area contributed by atoms with Gasteiger partial charge in [-0.3, -0.25) is 4.79 Å². The van der Waals surface area contributed by atoms with Crippen LogP contribution in [0.1, 0.15) is 18.1 Å². The number of aromatic nitrogens is 1. The Kier molecular flexibility index (Phi) is 3.59. The van der Waals surface area contributed by atoms with Gasteiger partial charge in [-0.15, -0.1) is 0 Å². The van der Waals surface area contributed by atoms with E-state index < -0.39 is 18.2 Å². The van der Waals surface area contributed by atoms with Crippen molar-refractivity contribution in [1.29, 1.82) is 0 Å². The third-order valence-electron chi connectivity index (χ3n) is 2.66. The van der Waals surface area contributed by atoms with Crippen molar-refractivity contribution in [2.24, 2.45) is 0 Å². The minimum atomic E-state index is -1.22. The van der Waals surface area contributed by atoms with Crippen molar-refractivity contribution in [3.05, 3.63) is 30.2 Å². The van der Waals surface area contributed by atoms with Gasteiger partial charge in [-0.2, -0.15) is 0 Å². The van der Waals surface area contributed by atoms with Crippen molar-refractivity contribution in [2.45, 2.75) is 18.6 Å². The van der Waals surface area contributed by atoms with Crippen LogP contribution in [0.3, 0.4) is 0 Å². The summed E-state index contributed by atoms with van der Waals surface area (Å²) >= 11 is 0. The summed E-state index contributed by atoms with van der Waals surface area (Å²) in [5.74, 6) is -0.580. The number of oxazole rings is 1. The fraction of sp³-hybridized carbons (Fsp3) is 0.333. The number of hydrogen-bond acceptors (Lipinski definition) is 6. The van der Waals surface area contributed by atoms with E-state index in [-0.39, 0.29) is 6.42 Å². The number of aliphatic hydroxyl groups excluding tert-OH is 2. The molecule has 0 aliphatic heterocycles. The van der Waals surface area contributed by atoms with Gasteiger partial charge in [0.25, 0.3) is 0 Å². The van der Waals surface area contributed by atoms with Gasteiger partial charge < -0.3 is 19.4 Å². The van der Waals surface area contributed by atoms with E-state index in [1.54, 1.807) is 18.2 Å². The molecule has 2 rings (SSSR count). The normalized spacial score (nSPS) is 14.4. The second-order valence-corrected chi connectivity index (χ2v) is 3.87. The highest BCUT2D eigenvalue weighted by molar-refractivity contribution is 5.73. The van der Waals surface area contributed by atoms with Gasteiger partial charge >= 0.3 is 5.97 Å². The zero-order valence-corrected chi connectivity index (χ0v) is 9.74. The molecule has 0 saturated heterocycles. The van der Waals surface area contributed by atoms with E-state index in [0.29, 0.717) is 16.7 Å². The highest BCUT2D eigenvalue weighted by atomic mass is 16.5. The average molecular weight is 251 g/mol. The molecule has 1 heterocycles. The third-order valence-corrected chi connectivity index (χ3v) is 2.66. The summed E-state index contributed by atoms with van der Waals surface area (Å²) < 4.78 is 9.49.